The Morgan fingerprint density at radius 3 is 2.81 bits per heavy atom. The maximum absolute atomic E-state index is 11.9. The third kappa shape index (κ3) is 6.17. The van der Waals surface area contributed by atoms with E-state index in [0.717, 1.165) is 0 Å². The van der Waals surface area contributed by atoms with Crippen LogP contribution in [-0.2, 0) is 14.3 Å². The lowest BCUT2D eigenvalue weighted by Gasteiger charge is -2.25. The van der Waals surface area contributed by atoms with Crippen molar-refractivity contribution in [1.29, 1.82) is 0 Å². The molecule has 1 saturated heterocycles. The van der Waals surface area contributed by atoms with Crippen LogP contribution in [0, 0.1) is 0 Å². The topological polar surface area (TPSA) is 110 Å². The Balaban J connectivity index is 1.95. The molecule has 0 unspecified atom stereocenters. The second-order valence-corrected chi connectivity index (χ2v) is 5.81. The van der Waals surface area contributed by atoms with Crippen molar-refractivity contribution >= 4 is 29.7 Å². The smallest absolute Gasteiger partial charge is 0.341 e. The van der Waals surface area contributed by atoms with Crippen LogP contribution in [0.25, 0.3) is 0 Å². The number of halogens is 1. The first-order valence-corrected chi connectivity index (χ1v) is 8.21. The van der Waals surface area contributed by atoms with Gasteiger partial charge in [0, 0.05) is 13.1 Å². The highest BCUT2D eigenvalue weighted by Gasteiger charge is 2.14. The summed E-state index contributed by atoms with van der Waals surface area (Å²) < 4.78 is 15.5. The van der Waals surface area contributed by atoms with E-state index in [1.807, 2.05) is 4.90 Å². The SMILES string of the molecule is COc1cc(/C=N/NC(=O)CN2CCOCC2)cc(Cl)c1OCC(=O)O. The van der Waals surface area contributed by atoms with Gasteiger partial charge >= 0.3 is 5.97 Å². The maximum Gasteiger partial charge on any atom is 0.341 e. The van der Waals surface area contributed by atoms with Crippen LogP contribution in [0.3, 0.4) is 0 Å². The molecule has 0 spiro atoms. The summed E-state index contributed by atoms with van der Waals surface area (Å²) in [6, 6.07) is 3.10. The zero-order valence-electron chi connectivity index (χ0n) is 14.2. The largest absolute Gasteiger partial charge is 0.493 e. The maximum atomic E-state index is 11.9. The molecule has 0 saturated carbocycles. The van der Waals surface area contributed by atoms with Crippen molar-refractivity contribution in [1.82, 2.24) is 10.3 Å². The van der Waals surface area contributed by atoms with Crippen molar-refractivity contribution in [3.63, 3.8) is 0 Å². The number of hydrogen-bond acceptors (Lipinski definition) is 7. The highest BCUT2D eigenvalue weighted by atomic mass is 35.5. The van der Waals surface area contributed by atoms with E-state index in [4.69, 9.17) is 30.9 Å². The number of ether oxygens (including phenoxy) is 3. The van der Waals surface area contributed by atoms with E-state index in [9.17, 15) is 9.59 Å². The number of nitrogens with one attached hydrogen (secondary N) is 1. The summed E-state index contributed by atoms with van der Waals surface area (Å²) in [4.78, 5) is 24.5. The molecule has 0 atom stereocenters. The number of carbonyl (C=O) groups is 2. The Labute approximate surface area is 155 Å². The molecular formula is C16H20ClN3O6. The number of rotatable bonds is 8. The van der Waals surface area contributed by atoms with Crippen LogP contribution in [0.15, 0.2) is 17.2 Å². The van der Waals surface area contributed by atoms with Crippen LogP contribution in [0.2, 0.25) is 5.02 Å². The summed E-state index contributed by atoms with van der Waals surface area (Å²) in [6.07, 6.45) is 1.41. The molecule has 1 aromatic rings. The van der Waals surface area contributed by atoms with Crippen molar-refractivity contribution < 1.29 is 28.9 Å². The van der Waals surface area contributed by atoms with E-state index >= 15 is 0 Å². The molecule has 1 aromatic carbocycles. The van der Waals surface area contributed by atoms with Crippen LogP contribution in [0.4, 0.5) is 0 Å². The number of carboxylic acid groups (broad SMARTS) is 1. The van der Waals surface area contributed by atoms with E-state index in [-0.39, 0.29) is 29.0 Å². The number of carbonyl (C=O) groups excluding carboxylic acids is 1. The first-order valence-electron chi connectivity index (χ1n) is 7.83. The molecule has 0 bridgehead atoms. The van der Waals surface area contributed by atoms with Gasteiger partial charge in [0.1, 0.15) is 0 Å². The lowest BCUT2D eigenvalue weighted by molar-refractivity contribution is -0.139. The monoisotopic (exact) mass is 385 g/mol. The predicted molar refractivity (Wildman–Crippen MR) is 94.1 cm³/mol. The fourth-order valence-corrected chi connectivity index (χ4v) is 2.54. The molecule has 1 heterocycles. The highest BCUT2D eigenvalue weighted by molar-refractivity contribution is 6.32. The number of hydrogen-bond donors (Lipinski definition) is 2. The van der Waals surface area contributed by atoms with Crippen LogP contribution in [0.1, 0.15) is 5.56 Å². The number of nitrogens with zero attached hydrogens (tertiary/aromatic N) is 2. The molecule has 1 aliphatic rings. The van der Waals surface area contributed by atoms with Crippen molar-refractivity contribution in [2.24, 2.45) is 5.10 Å². The van der Waals surface area contributed by atoms with Gasteiger partial charge in [-0.15, -0.1) is 0 Å². The summed E-state index contributed by atoms with van der Waals surface area (Å²) in [5, 5.41) is 12.8. The van der Waals surface area contributed by atoms with Gasteiger partial charge in [-0.1, -0.05) is 11.6 Å². The molecule has 142 valence electrons. The number of carboxylic acids is 1. The van der Waals surface area contributed by atoms with Gasteiger partial charge in [-0.05, 0) is 17.7 Å². The summed E-state index contributed by atoms with van der Waals surface area (Å²) >= 11 is 6.10. The van der Waals surface area contributed by atoms with Crippen molar-refractivity contribution in [3.8, 4) is 11.5 Å². The Bertz CT molecular complexity index is 676. The first-order chi connectivity index (χ1) is 12.5. The van der Waals surface area contributed by atoms with E-state index in [1.54, 1.807) is 6.07 Å². The molecule has 1 amide bonds. The van der Waals surface area contributed by atoms with E-state index in [2.05, 4.69) is 10.5 Å². The summed E-state index contributed by atoms with van der Waals surface area (Å²) in [7, 11) is 1.41. The van der Waals surface area contributed by atoms with E-state index < -0.39 is 12.6 Å². The summed E-state index contributed by atoms with van der Waals surface area (Å²) in [5.41, 5.74) is 3.00. The first kappa shape index (κ1) is 20.0. The third-order valence-electron chi connectivity index (χ3n) is 3.47. The molecule has 9 nitrogen and oxygen atoms in total. The standard InChI is InChI=1S/C16H20ClN3O6/c1-24-13-7-11(6-12(17)16(13)26-10-15(22)23)8-18-19-14(21)9-20-2-4-25-5-3-20/h6-8H,2-5,9-10H2,1H3,(H,19,21)(H,22,23)/b18-8+. The summed E-state index contributed by atoms with van der Waals surface area (Å²) in [5.74, 6) is -0.968. The molecule has 0 aliphatic carbocycles. The van der Waals surface area contributed by atoms with Crippen molar-refractivity contribution in [2.75, 3.05) is 46.6 Å². The number of hydrazone groups is 1. The Morgan fingerprint density at radius 2 is 2.15 bits per heavy atom. The molecular weight excluding hydrogens is 366 g/mol. The molecule has 2 N–H and O–H groups in total. The van der Waals surface area contributed by atoms with E-state index in [0.29, 0.717) is 31.9 Å². The quantitative estimate of drug-likeness (QED) is 0.498. The van der Waals surface area contributed by atoms with Gasteiger partial charge in [0.2, 0.25) is 0 Å². The number of amides is 1. The second-order valence-electron chi connectivity index (χ2n) is 5.40. The molecule has 0 radical (unpaired) electrons. The van der Waals surface area contributed by atoms with Gasteiger partial charge in [-0.3, -0.25) is 9.69 Å². The van der Waals surface area contributed by atoms with Gasteiger partial charge in [0.25, 0.3) is 5.91 Å². The Morgan fingerprint density at radius 1 is 1.42 bits per heavy atom. The predicted octanol–water partition coefficient (Wildman–Crippen LogP) is 0.594. The van der Waals surface area contributed by atoms with Crippen LogP contribution in [0.5, 0.6) is 11.5 Å². The number of benzene rings is 1. The number of aliphatic carboxylic acids is 1. The molecule has 1 aliphatic heterocycles. The molecule has 10 heteroatoms. The molecule has 26 heavy (non-hydrogen) atoms. The molecule has 2 rings (SSSR count). The van der Waals surface area contributed by atoms with Crippen molar-refractivity contribution in [2.45, 2.75) is 0 Å². The van der Waals surface area contributed by atoms with Gasteiger partial charge < -0.3 is 19.3 Å². The second kappa shape index (κ2) is 9.95. The lowest BCUT2D eigenvalue weighted by Crippen LogP contribution is -2.42. The van der Waals surface area contributed by atoms with Crippen LogP contribution in [-0.4, -0.2) is 74.7 Å². The number of morpholine rings is 1. The minimum absolute atomic E-state index is 0.130. The van der Waals surface area contributed by atoms with Gasteiger partial charge in [-0.2, -0.15) is 5.10 Å². The zero-order valence-corrected chi connectivity index (χ0v) is 15.0. The minimum atomic E-state index is -1.13. The lowest BCUT2D eigenvalue weighted by atomic mass is 10.2. The van der Waals surface area contributed by atoms with E-state index in [1.165, 1.54) is 19.4 Å². The van der Waals surface area contributed by atoms with Crippen molar-refractivity contribution in [3.05, 3.63) is 22.7 Å². The highest BCUT2D eigenvalue weighted by Crippen LogP contribution is 2.36. The fourth-order valence-electron chi connectivity index (χ4n) is 2.26. The van der Waals surface area contributed by atoms with Gasteiger partial charge in [0.05, 0.1) is 38.1 Å². The van der Waals surface area contributed by atoms with Crippen LogP contribution < -0.4 is 14.9 Å². The van der Waals surface area contributed by atoms with Gasteiger partial charge in [-0.25, -0.2) is 10.2 Å². The Hall–Kier alpha value is -2.36. The average Bonchev–Trinajstić information content (AvgIpc) is 2.61. The Kier molecular flexibility index (Phi) is 7.64. The third-order valence-corrected chi connectivity index (χ3v) is 3.75. The summed E-state index contributed by atoms with van der Waals surface area (Å²) in [6.45, 7) is 2.35. The number of methoxy groups -OCH3 is 1. The average molecular weight is 386 g/mol. The zero-order chi connectivity index (χ0) is 18.9. The minimum Gasteiger partial charge on any atom is -0.493 e. The fraction of sp³-hybridized carbons (Fsp3) is 0.438. The molecule has 0 aromatic heterocycles. The van der Waals surface area contributed by atoms with Gasteiger partial charge in [0.15, 0.2) is 18.1 Å². The molecule has 1 fully saturated rings. The van der Waals surface area contributed by atoms with Crippen LogP contribution >= 0.6 is 11.6 Å². The normalized spacial score (nSPS) is 15.0.